The van der Waals surface area contributed by atoms with Crippen LogP contribution in [0, 0.1) is 0 Å². The summed E-state index contributed by atoms with van der Waals surface area (Å²) in [6.07, 6.45) is 4.48. The third-order valence-corrected chi connectivity index (χ3v) is 3.50. The summed E-state index contributed by atoms with van der Waals surface area (Å²) < 4.78 is 11.1. The number of H-pyrrole nitrogens is 1. The predicted molar refractivity (Wildman–Crippen MR) is 92.7 cm³/mol. The molecule has 8 heteroatoms. The van der Waals surface area contributed by atoms with E-state index in [1.165, 1.54) is 13.2 Å². The number of methoxy groups -OCH3 is 2. The van der Waals surface area contributed by atoms with Crippen LogP contribution < -0.4 is 20.3 Å². The lowest BCUT2D eigenvalue weighted by atomic mass is 10.1. The standard InChI is InChI=1S/C16H16BrN3O4/c1-23-12-5-3-10(14(8-12)24-2)4-6-15(21)19-20-16(22)13-7-11(17)9-18-13/h3-9,18H,1-2H3,(H,19,21)(H,20,22)/b6-4+. The second kappa shape index (κ2) is 8.21. The molecular weight excluding hydrogens is 378 g/mol. The number of ether oxygens (including phenoxy) is 2. The summed E-state index contributed by atoms with van der Waals surface area (Å²) in [7, 11) is 3.09. The fourth-order valence-corrected chi connectivity index (χ4v) is 2.19. The first kappa shape index (κ1) is 17.6. The van der Waals surface area contributed by atoms with Crippen molar-refractivity contribution in [2.45, 2.75) is 0 Å². The molecule has 2 amide bonds. The Morgan fingerprint density at radius 2 is 1.96 bits per heavy atom. The van der Waals surface area contributed by atoms with Gasteiger partial charge in [0.05, 0.1) is 14.2 Å². The predicted octanol–water partition coefficient (Wildman–Crippen LogP) is 2.27. The number of carbonyl (C=O) groups excluding carboxylic acids is 2. The molecule has 1 heterocycles. The molecule has 0 atom stereocenters. The van der Waals surface area contributed by atoms with Crippen LogP contribution in [-0.2, 0) is 4.79 Å². The van der Waals surface area contributed by atoms with Gasteiger partial charge in [-0.3, -0.25) is 20.4 Å². The van der Waals surface area contributed by atoms with E-state index < -0.39 is 11.8 Å². The topological polar surface area (TPSA) is 92.5 Å². The van der Waals surface area contributed by atoms with E-state index in [2.05, 4.69) is 31.8 Å². The molecule has 0 aliphatic rings. The third-order valence-electron chi connectivity index (χ3n) is 3.05. The number of aromatic nitrogens is 1. The molecule has 0 unspecified atom stereocenters. The Morgan fingerprint density at radius 1 is 1.17 bits per heavy atom. The number of amides is 2. The van der Waals surface area contributed by atoms with Crippen molar-refractivity contribution >= 4 is 33.8 Å². The highest BCUT2D eigenvalue weighted by Crippen LogP contribution is 2.25. The number of nitrogens with one attached hydrogen (secondary N) is 3. The van der Waals surface area contributed by atoms with E-state index in [4.69, 9.17) is 9.47 Å². The van der Waals surface area contributed by atoms with E-state index >= 15 is 0 Å². The van der Waals surface area contributed by atoms with Gasteiger partial charge in [-0.2, -0.15) is 0 Å². The zero-order chi connectivity index (χ0) is 17.5. The van der Waals surface area contributed by atoms with E-state index in [9.17, 15) is 9.59 Å². The molecule has 1 aromatic heterocycles. The van der Waals surface area contributed by atoms with Gasteiger partial charge >= 0.3 is 0 Å². The largest absolute Gasteiger partial charge is 0.497 e. The fourth-order valence-electron chi connectivity index (χ4n) is 1.85. The van der Waals surface area contributed by atoms with Crippen molar-refractivity contribution in [3.63, 3.8) is 0 Å². The first-order valence-electron chi connectivity index (χ1n) is 6.88. The highest BCUT2D eigenvalue weighted by atomic mass is 79.9. The maximum atomic E-state index is 11.8. The number of hydrazine groups is 1. The van der Waals surface area contributed by atoms with Crippen LogP contribution in [0.1, 0.15) is 16.1 Å². The Bertz CT molecular complexity index is 770. The Hall–Kier alpha value is -2.74. The average Bonchev–Trinajstić information content (AvgIpc) is 3.04. The van der Waals surface area contributed by atoms with Crippen molar-refractivity contribution in [3.8, 4) is 11.5 Å². The maximum Gasteiger partial charge on any atom is 0.286 e. The minimum atomic E-state index is -0.480. The van der Waals surface area contributed by atoms with Crippen LogP contribution in [0.25, 0.3) is 6.08 Å². The highest BCUT2D eigenvalue weighted by Gasteiger charge is 2.08. The number of carbonyl (C=O) groups is 2. The molecule has 0 saturated heterocycles. The Morgan fingerprint density at radius 3 is 2.58 bits per heavy atom. The summed E-state index contributed by atoms with van der Waals surface area (Å²) in [5, 5.41) is 0. The van der Waals surface area contributed by atoms with Crippen molar-refractivity contribution in [2.75, 3.05) is 14.2 Å². The van der Waals surface area contributed by atoms with E-state index in [-0.39, 0.29) is 0 Å². The van der Waals surface area contributed by atoms with E-state index in [1.54, 1.807) is 43.6 Å². The van der Waals surface area contributed by atoms with Crippen LogP contribution in [0.3, 0.4) is 0 Å². The molecule has 126 valence electrons. The minimum Gasteiger partial charge on any atom is -0.497 e. The second-order valence-electron chi connectivity index (χ2n) is 4.62. The van der Waals surface area contributed by atoms with Crippen LogP contribution in [0.4, 0.5) is 0 Å². The molecule has 0 radical (unpaired) electrons. The number of hydrogen-bond acceptors (Lipinski definition) is 4. The molecule has 0 bridgehead atoms. The summed E-state index contributed by atoms with van der Waals surface area (Å²) >= 11 is 3.22. The average molecular weight is 394 g/mol. The molecular formula is C16H16BrN3O4. The van der Waals surface area contributed by atoms with E-state index in [1.807, 2.05) is 0 Å². The number of rotatable bonds is 5. The SMILES string of the molecule is COc1ccc(/C=C/C(=O)NNC(=O)c2cc(Br)c[nH]2)c(OC)c1. The normalized spacial score (nSPS) is 10.5. The quantitative estimate of drug-likeness (QED) is 0.536. The highest BCUT2D eigenvalue weighted by molar-refractivity contribution is 9.10. The van der Waals surface area contributed by atoms with Crippen LogP contribution in [0.5, 0.6) is 11.5 Å². The monoisotopic (exact) mass is 393 g/mol. The van der Waals surface area contributed by atoms with E-state index in [0.29, 0.717) is 22.8 Å². The molecule has 0 spiro atoms. The van der Waals surface area contributed by atoms with Crippen molar-refractivity contribution < 1.29 is 19.1 Å². The molecule has 0 fully saturated rings. The first-order valence-corrected chi connectivity index (χ1v) is 7.67. The molecule has 0 saturated carbocycles. The number of hydrogen-bond donors (Lipinski definition) is 3. The maximum absolute atomic E-state index is 11.8. The lowest BCUT2D eigenvalue weighted by Gasteiger charge is -2.07. The zero-order valence-corrected chi connectivity index (χ0v) is 14.6. The van der Waals surface area contributed by atoms with Gasteiger partial charge in [0, 0.05) is 28.4 Å². The van der Waals surface area contributed by atoms with Gasteiger partial charge in [-0.05, 0) is 40.2 Å². The van der Waals surface area contributed by atoms with Crippen LogP contribution in [0.2, 0.25) is 0 Å². The zero-order valence-electron chi connectivity index (χ0n) is 13.1. The van der Waals surface area contributed by atoms with Gasteiger partial charge in [-0.1, -0.05) is 0 Å². The van der Waals surface area contributed by atoms with Gasteiger partial charge in [0.2, 0.25) is 0 Å². The smallest absolute Gasteiger partial charge is 0.286 e. The lowest BCUT2D eigenvalue weighted by Crippen LogP contribution is -2.40. The van der Waals surface area contributed by atoms with Crippen LogP contribution >= 0.6 is 15.9 Å². The molecule has 3 N–H and O–H groups in total. The van der Waals surface area contributed by atoms with Crippen LogP contribution in [-0.4, -0.2) is 31.0 Å². The molecule has 1 aromatic carbocycles. The second-order valence-corrected chi connectivity index (χ2v) is 5.53. The van der Waals surface area contributed by atoms with Crippen molar-refractivity contribution in [1.82, 2.24) is 15.8 Å². The van der Waals surface area contributed by atoms with Crippen molar-refractivity contribution in [2.24, 2.45) is 0 Å². The van der Waals surface area contributed by atoms with Gasteiger partial charge < -0.3 is 14.5 Å². The molecule has 24 heavy (non-hydrogen) atoms. The van der Waals surface area contributed by atoms with E-state index in [0.717, 1.165) is 4.47 Å². The van der Waals surface area contributed by atoms with Crippen LogP contribution in [0.15, 0.2) is 41.0 Å². The Balaban J connectivity index is 1.94. The van der Waals surface area contributed by atoms with Gasteiger partial charge in [-0.25, -0.2) is 0 Å². The molecule has 7 nitrogen and oxygen atoms in total. The summed E-state index contributed by atoms with van der Waals surface area (Å²) in [6, 6.07) is 6.82. The minimum absolute atomic E-state index is 0.322. The van der Waals surface area contributed by atoms with Crippen molar-refractivity contribution in [3.05, 3.63) is 52.3 Å². The fraction of sp³-hybridized carbons (Fsp3) is 0.125. The molecule has 2 aromatic rings. The van der Waals surface area contributed by atoms with Gasteiger partial charge in [0.25, 0.3) is 11.8 Å². The number of benzene rings is 1. The Kier molecular flexibility index (Phi) is 6.02. The summed E-state index contributed by atoms with van der Waals surface area (Å²) in [5.74, 6) is 0.285. The molecule has 0 aliphatic heterocycles. The van der Waals surface area contributed by atoms with Gasteiger partial charge in [-0.15, -0.1) is 0 Å². The van der Waals surface area contributed by atoms with Crippen molar-refractivity contribution in [1.29, 1.82) is 0 Å². The molecule has 0 aliphatic carbocycles. The first-order chi connectivity index (χ1) is 11.5. The lowest BCUT2D eigenvalue weighted by molar-refractivity contribution is -0.117. The summed E-state index contributed by atoms with van der Waals surface area (Å²) in [4.78, 5) is 26.3. The third kappa shape index (κ3) is 4.63. The Labute approximate surface area is 147 Å². The number of halogens is 1. The van der Waals surface area contributed by atoms with Gasteiger partial charge in [0.15, 0.2) is 0 Å². The number of aromatic amines is 1. The summed E-state index contributed by atoms with van der Waals surface area (Å²) in [5.41, 5.74) is 5.62. The molecule has 2 rings (SSSR count). The van der Waals surface area contributed by atoms with Gasteiger partial charge in [0.1, 0.15) is 17.2 Å². The summed E-state index contributed by atoms with van der Waals surface area (Å²) in [6.45, 7) is 0.